The molecule has 2 heterocycles. The number of halogens is 1. The van der Waals surface area contributed by atoms with Crippen molar-refractivity contribution >= 4 is 11.6 Å². The molecule has 3 aromatic rings. The minimum atomic E-state index is -1.10. The predicted molar refractivity (Wildman–Crippen MR) is 65.3 cm³/mol. The van der Waals surface area contributed by atoms with Crippen molar-refractivity contribution in [2.45, 2.75) is 0 Å². The molecule has 0 spiro atoms. The van der Waals surface area contributed by atoms with Gasteiger partial charge >= 0.3 is 5.97 Å². The van der Waals surface area contributed by atoms with Gasteiger partial charge in [0.25, 0.3) is 0 Å². The number of nitrogens with zero attached hydrogens (tertiary/aromatic N) is 3. The fourth-order valence-corrected chi connectivity index (χ4v) is 1.76. The molecule has 0 radical (unpaired) electrons. The normalized spacial score (nSPS) is 10.8. The van der Waals surface area contributed by atoms with Crippen molar-refractivity contribution < 1.29 is 14.3 Å². The lowest BCUT2D eigenvalue weighted by Crippen LogP contribution is -1.95. The molecule has 0 atom stereocenters. The van der Waals surface area contributed by atoms with Crippen LogP contribution in [0.3, 0.4) is 0 Å². The first kappa shape index (κ1) is 11.3. The third-order valence-corrected chi connectivity index (χ3v) is 2.68. The number of carboxylic acids is 1. The van der Waals surface area contributed by atoms with Gasteiger partial charge in [-0.05, 0) is 36.4 Å². The number of benzene rings is 1. The number of fused-ring (bicyclic) bond motifs is 1. The van der Waals surface area contributed by atoms with Crippen molar-refractivity contribution in [3.05, 3.63) is 54.1 Å². The zero-order valence-electron chi connectivity index (χ0n) is 9.62. The lowest BCUT2D eigenvalue weighted by Gasteiger charge is -2.01. The summed E-state index contributed by atoms with van der Waals surface area (Å²) in [4.78, 5) is 14.7. The van der Waals surface area contributed by atoms with E-state index in [1.807, 2.05) is 0 Å². The van der Waals surface area contributed by atoms with E-state index in [0.29, 0.717) is 11.3 Å². The van der Waals surface area contributed by atoms with Crippen LogP contribution < -0.4 is 0 Å². The van der Waals surface area contributed by atoms with E-state index in [2.05, 4.69) is 10.1 Å². The summed E-state index contributed by atoms with van der Waals surface area (Å²) in [6, 6.07) is 9.28. The number of imidazole rings is 1. The van der Waals surface area contributed by atoms with Crippen LogP contribution in [0.5, 0.6) is 0 Å². The summed E-state index contributed by atoms with van der Waals surface area (Å²) in [5, 5.41) is 13.1. The summed E-state index contributed by atoms with van der Waals surface area (Å²) in [5.41, 5.74) is 1.74. The maximum Gasteiger partial charge on any atom is 0.356 e. The molecular weight excluding hydrogens is 249 g/mol. The van der Waals surface area contributed by atoms with Gasteiger partial charge in [-0.3, -0.25) is 0 Å². The smallest absolute Gasteiger partial charge is 0.356 e. The van der Waals surface area contributed by atoms with E-state index in [1.165, 1.54) is 22.8 Å². The quantitative estimate of drug-likeness (QED) is 0.764. The second-order valence-corrected chi connectivity index (χ2v) is 3.96. The van der Waals surface area contributed by atoms with Gasteiger partial charge in [-0.15, -0.1) is 0 Å². The Morgan fingerprint density at radius 1 is 1.16 bits per heavy atom. The molecule has 0 fully saturated rings. The molecule has 6 heteroatoms. The van der Waals surface area contributed by atoms with Crippen LogP contribution in [0.2, 0.25) is 0 Å². The first-order valence-corrected chi connectivity index (χ1v) is 5.49. The first-order valence-electron chi connectivity index (χ1n) is 5.49. The van der Waals surface area contributed by atoms with E-state index in [0.717, 1.165) is 5.56 Å². The van der Waals surface area contributed by atoms with Crippen LogP contribution >= 0.6 is 0 Å². The third-order valence-electron chi connectivity index (χ3n) is 2.68. The van der Waals surface area contributed by atoms with Crippen molar-refractivity contribution in [2.75, 3.05) is 0 Å². The van der Waals surface area contributed by atoms with E-state index in [-0.39, 0.29) is 11.5 Å². The highest BCUT2D eigenvalue weighted by molar-refractivity contribution is 5.86. The van der Waals surface area contributed by atoms with Crippen molar-refractivity contribution in [2.24, 2.45) is 0 Å². The number of carbonyl (C=O) groups is 1. The number of rotatable bonds is 2. The van der Waals surface area contributed by atoms with Crippen LogP contribution in [0.1, 0.15) is 10.5 Å². The van der Waals surface area contributed by atoms with Crippen LogP contribution in [0, 0.1) is 5.82 Å². The molecule has 1 aromatic carbocycles. The molecule has 0 aliphatic carbocycles. The molecule has 0 aliphatic heterocycles. The average molecular weight is 257 g/mol. The van der Waals surface area contributed by atoms with Gasteiger partial charge in [0.2, 0.25) is 0 Å². The molecule has 0 bridgehead atoms. The van der Waals surface area contributed by atoms with E-state index in [9.17, 15) is 9.18 Å². The van der Waals surface area contributed by atoms with Gasteiger partial charge in [-0.2, -0.15) is 5.10 Å². The van der Waals surface area contributed by atoms with Crippen LogP contribution in [0.4, 0.5) is 4.39 Å². The highest BCUT2D eigenvalue weighted by Crippen LogP contribution is 2.17. The maximum absolute atomic E-state index is 12.8. The molecule has 2 aromatic heterocycles. The van der Waals surface area contributed by atoms with E-state index < -0.39 is 5.97 Å². The van der Waals surface area contributed by atoms with E-state index >= 15 is 0 Å². The van der Waals surface area contributed by atoms with E-state index in [4.69, 9.17) is 5.11 Å². The number of aromatic nitrogens is 3. The molecule has 0 amide bonds. The molecule has 0 saturated carbocycles. The summed E-state index contributed by atoms with van der Waals surface area (Å²) in [6.07, 6.45) is 1.34. The molecule has 1 N–H and O–H groups in total. The van der Waals surface area contributed by atoms with Crippen molar-refractivity contribution in [1.82, 2.24) is 14.6 Å². The Morgan fingerprint density at radius 2 is 1.89 bits per heavy atom. The molecule has 0 aliphatic rings. The SMILES string of the molecule is O=C(O)c1cn2nc(-c3ccc(F)cc3)ccc2n1. The molecule has 0 saturated heterocycles. The molecule has 19 heavy (non-hydrogen) atoms. The van der Waals surface area contributed by atoms with Crippen molar-refractivity contribution in [3.63, 3.8) is 0 Å². The number of carboxylic acid groups (broad SMARTS) is 1. The minimum Gasteiger partial charge on any atom is -0.476 e. The molecule has 94 valence electrons. The Kier molecular flexibility index (Phi) is 2.49. The van der Waals surface area contributed by atoms with Crippen LogP contribution in [-0.2, 0) is 0 Å². The topological polar surface area (TPSA) is 67.5 Å². The molecule has 0 unspecified atom stereocenters. The molecule has 3 rings (SSSR count). The third kappa shape index (κ3) is 2.03. The lowest BCUT2D eigenvalue weighted by atomic mass is 10.1. The summed E-state index contributed by atoms with van der Waals surface area (Å²) in [6.45, 7) is 0. The van der Waals surface area contributed by atoms with Gasteiger partial charge in [0.15, 0.2) is 11.3 Å². The van der Waals surface area contributed by atoms with Gasteiger partial charge in [0.05, 0.1) is 11.9 Å². The predicted octanol–water partition coefficient (Wildman–Crippen LogP) is 2.23. The van der Waals surface area contributed by atoms with Crippen molar-refractivity contribution in [3.8, 4) is 11.3 Å². The Balaban J connectivity index is 2.10. The molecular formula is C13H8FN3O2. The minimum absolute atomic E-state index is 0.0660. The average Bonchev–Trinajstić information content (AvgIpc) is 2.82. The van der Waals surface area contributed by atoms with Crippen LogP contribution in [-0.4, -0.2) is 25.7 Å². The largest absolute Gasteiger partial charge is 0.476 e. The highest BCUT2D eigenvalue weighted by Gasteiger charge is 2.10. The molecule has 5 nitrogen and oxygen atoms in total. The maximum atomic E-state index is 12.8. The number of aromatic carboxylic acids is 1. The standard InChI is InChI=1S/C13H8FN3O2/c14-9-3-1-8(2-4-9)10-5-6-12-15-11(13(18)19)7-17(12)16-10/h1-7H,(H,18,19). The van der Waals surface area contributed by atoms with E-state index in [1.54, 1.807) is 24.3 Å². The second-order valence-electron chi connectivity index (χ2n) is 3.96. The zero-order valence-corrected chi connectivity index (χ0v) is 9.62. The summed E-state index contributed by atoms with van der Waals surface area (Å²) >= 11 is 0. The Hall–Kier alpha value is -2.76. The summed E-state index contributed by atoms with van der Waals surface area (Å²) in [7, 11) is 0. The summed E-state index contributed by atoms with van der Waals surface area (Å²) < 4.78 is 14.2. The van der Waals surface area contributed by atoms with Gasteiger partial charge in [0.1, 0.15) is 5.82 Å². The van der Waals surface area contributed by atoms with Crippen molar-refractivity contribution in [1.29, 1.82) is 0 Å². The van der Waals surface area contributed by atoms with Gasteiger partial charge < -0.3 is 5.11 Å². The fraction of sp³-hybridized carbons (Fsp3) is 0. The summed E-state index contributed by atoms with van der Waals surface area (Å²) in [5.74, 6) is -1.42. The van der Waals surface area contributed by atoms with Gasteiger partial charge in [0, 0.05) is 5.56 Å². The van der Waals surface area contributed by atoms with Gasteiger partial charge in [-0.25, -0.2) is 18.7 Å². The van der Waals surface area contributed by atoms with Gasteiger partial charge in [-0.1, -0.05) is 0 Å². The van der Waals surface area contributed by atoms with Crippen LogP contribution in [0.25, 0.3) is 16.9 Å². The monoisotopic (exact) mass is 257 g/mol. The Morgan fingerprint density at radius 3 is 2.58 bits per heavy atom. The first-order chi connectivity index (χ1) is 9.13. The fourth-order valence-electron chi connectivity index (χ4n) is 1.76. The second kappa shape index (κ2) is 4.16. The lowest BCUT2D eigenvalue weighted by molar-refractivity contribution is 0.0691. The van der Waals surface area contributed by atoms with Crippen LogP contribution in [0.15, 0.2) is 42.6 Å². The number of hydrogen-bond acceptors (Lipinski definition) is 3. The Bertz CT molecular complexity index is 765. The zero-order chi connectivity index (χ0) is 13.4. The Labute approximate surface area is 107 Å². The number of hydrogen-bond donors (Lipinski definition) is 1. The highest BCUT2D eigenvalue weighted by atomic mass is 19.1.